The van der Waals surface area contributed by atoms with Crippen molar-refractivity contribution in [3.05, 3.63) is 0 Å². The van der Waals surface area contributed by atoms with Crippen molar-refractivity contribution in [2.75, 3.05) is 47.1 Å². The van der Waals surface area contributed by atoms with Crippen LogP contribution in [0.2, 0.25) is 0 Å². The van der Waals surface area contributed by atoms with E-state index in [1.54, 1.807) is 14.2 Å². The molecule has 0 aliphatic heterocycles. The minimum atomic E-state index is 0.186. The molecule has 0 spiro atoms. The number of rotatable bonds is 10. The van der Waals surface area contributed by atoms with Crippen molar-refractivity contribution in [2.24, 2.45) is 11.7 Å². The van der Waals surface area contributed by atoms with E-state index in [-0.39, 0.29) is 5.54 Å². The smallest absolute Gasteiger partial charge is 0.0589 e. The maximum Gasteiger partial charge on any atom is 0.0589 e. The first-order valence-electron chi connectivity index (χ1n) is 8.15. The van der Waals surface area contributed by atoms with Crippen molar-refractivity contribution in [1.82, 2.24) is 4.90 Å². The number of methoxy groups -OCH3 is 2. The van der Waals surface area contributed by atoms with E-state index in [1.807, 2.05) is 0 Å². The minimum Gasteiger partial charge on any atom is -0.385 e. The summed E-state index contributed by atoms with van der Waals surface area (Å²) < 4.78 is 10.5. The largest absolute Gasteiger partial charge is 0.385 e. The molecule has 0 radical (unpaired) electrons. The van der Waals surface area contributed by atoms with Gasteiger partial charge in [-0.05, 0) is 25.2 Å². The molecule has 2 atom stereocenters. The first-order valence-corrected chi connectivity index (χ1v) is 8.15. The van der Waals surface area contributed by atoms with Gasteiger partial charge in [0.15, 0.2) is 0 Å². The highest BCUT2D eigenvalue weighted by Gasteiger charge is 2.39. The second-order valence-electron chi connectivity index (χ2n) is 6.13. The second kappa shape index (κ2) is 9.72. The second-order valence-corrected chi connectivity index (χ2v) is 6.13. The van der Waals surface area contributed by atoms with Crippen LogP contribution in [0.25, 0.3) is 0 Å². The van der Waals surface area contributed by atoms with E-state index < -0.39 is 0 Å². The van der Waals surface area contributed by atoms with Gasteiger partial charge >= 0.3 is 0 Å². The Morgan fingerprint density at radius 2 is 1.95 bits per heavy atom. The van der Waals surface area contributed by atoms with E-state index in [0.29, 0.717) is 0 Å². The molecule has 0 bridgehead atoms. The van der Waals surface area contributed by atoms with Crippen LogP contribution in [0.5, 0.6) is 0 Å². The Bertz CT molecular complexity index is 251. The standard InChI is InChI=1S/C16H34N2O2/c1-4-15-7-5-8-16(13-15,14-17)18(10-12-20-3)9-6-11-19-2/h15H,4-14,17H2,1-3H3. The molecule has 0 aromatic carbocycles. The third-order valence-electron chi connectivity index (χ3n) is 4.89. The molecular weight excluding hydrogens is 252 g/mol. The number of hydrogen-bond acceptors (Lipinski definition) is 4. The molecule has 1 aliphatic carbocycles. The number of nitrogens with two attached hydrogens (primary N) is 1. The molecule has 0 aromatic heterocycles. The van der Waals surface area contributed by atoms with Gasteiger partial charge in [0.2, 0.25) is 0 Å². The molecular formula is C16H34N2O2. The first-order chi connectivity index (χ1) is 9.72. The van der Waals surface area contributed by atoms with Crippen molar-refractivity contribution >= 4 is 0 Å². The molecule has 0 saturated heterocycles. The molecule has 2 N–H and O–H groups in total. The summed E-state index contributed by atoms with van der Waals surface area (Å²) in [6, 6.07) is 0. The zero-order valence-corrected chi connectivity index (χ0v) is 13.7. The van der Waals surface area contributed by atoms with Crippen LogP contribution in [0.3, 0.4) is 0 Å². The summed E-state index contributed by atoms with van der Waals surface area (Å²) in [5.41, 5.74) is 6.40. The number of ether oxygens (including phenoxy) is 2. The molecule has 1 saturated carbocycles. The van der Waals surface area contributed by atoms with Crippen LogP contribution in [-0.4, -0.2) is 57.5 Å². The maximum atomic E-state index is 6.22. The Hall–Kier alpha value is -0.160. The Balaban J connectivity index is 2.70. The van der Waals surface area contributed by atoms with Crippen LogP contribution < -0.4 is 5.73 Å². The van der Waals surface area contributed by atoms with E-state index in [0.717, 1.165) is 45.2 Å². The predicted octanol–water partition coefficient (Wildman–Crippen LogP) is 2.27. The van der Waals surface area contributed by atoms with E-state index in [1.165, 1.54) is 32.1 Å². The van der Waals surface area contributed by atoms with Gasteiger partial charge in [-0.2, -0.15) is 0 Å². The molecule has 0 heterocycles. The average molecular weight is 286 g/mol. The maximum absolute atomic E-state index is 6.22. The molecule has 4 nitrogen and oxygen atoms in total. The van der Waals surface area contributed by atoms with Gasteiger partial charge in [-0.25, -0.2) is 0 Å². The summed E-state index contributed by atoms with van der Waals surface area (Å²) >= 11 is 0. The fraction of sp³-hybridized carbons (Fsp3) is 1.00. The number of nitrogens with zero attached hydrogens (tertiary/aromatic N) is 1. The molecule has 1 fully saturated rings. The Morgan fingerprint density at radius 3 is 2.55 bits per heavy atom. The quantitative estimate of drug-likeness (QED) is 0.626. The fourth-order valence-electron chi connectivity index (χ4n) is 3.60. The van der Waals surface area contributed by atoms with Crippen LogP contribution in [0.4, 0.5) is 0 Å². The third-order valence-corrected chi connectivity index (χ3v) is 4.89. The first kappa shape index (κ1) is 17.9. The summed E-state index contributed by atoms with van der Waals surface area (Å²) in [5, 5.41) is 0. The van der Waals surface area contributed by atoms with Gasteiger partial charge in [-0.15, -0.1) is 0 Å². The van der Waals surface area contributed by atoms with Crippen LogP contribution in [0.1, 0.15) is 45.4 Å². The average Bonchev–Trinajstić information content (AvgIpc) is 2.50. The third kappa shape index (κ3) is 4.99. The van der Waals surface area contributed by atoms with E-state index in [9.17, 15) is 0 Å². The lowest BCUT2D eigenvalue weighted by Gasteiger charge is -2.48. The molecule has 20 heavy (non-hydrogen) atoms. The van der Waals surface area contributed by atoms with Gasteiger partial charge in [0.05, 0.1) is 6.61 Å². The molecule has 0 aromatic rings. The lowest BCUT2D eigenvalue weighted by Crippen LogP contribution is -2.57. The van der Waals surface area contributed by atoms with Gasteiger partial charge in [-0.3, -0.25) is 4.90 Å². The molecule has 1 rings (SSSR count). The number of hydrogen-bond donors (Lipinski definition) is 1. The van der Waals surface area contributed by atoms with Crippen molar-refractivity contribution in [2.45, 2.75) is 51.0 Å². The Kier molecular flexibility index (Phi) is 8.69. The molecule has 4 heteroatoms. The highest BCUT2D eigenvalue weighted by Crippen LogP contribution is 2.37. The summed E-state index contributed by atoms with van der Waals surface area (Å²) in [7, 11) is 3.55. The van der Waals surface area contributed by atoms with Gasteiger partial charge in [0, 0.05) is 46.0 Å². The fourth-order valence-corrected chi connectivity index (χ4v) is 3.60. The van der Waals surface area contributed by atoms with Crippen molar-refractivity contribution < 1.29 is 9.47 Å². The molecule has 0 amide bonds. The van der Waals surface area contributed by atoms with Crippen molar-refractivity contribution in [3.63, 3.8) is 0 Å². The molecule has 2 unspecified atom stereocenters. The van der Waals surface area contributed by atoms with E-state index >= 15 is 0 Å². The van der Waals surface area contributed by atoms with Gasteiger partial charge in [-0.1, -0.05) is 26.2 Å². The molecule has 120 valence electrons. The summed E-state index contributed by atoms with van der Waals surface area (Å²) in [5.74, 6) is 0.833. The topological polar surface area (TPSA) is 47.7 Å². The monoisotopic (exact) mass is 286 g/mol. The summed E-state index contributed by atoms with van der Waals surface area (Å²) in [4.78, 5) is 2.58. The zero-order chi connectivity index (χ0) is 14.8. The van der Waals surface area contributed by atoms with Crippen LogP contribution in [-0.2, 0) is 9.47 Å². The predicted molar refractivity (Wildman–Crippen MR) is 84.0 cm³/mol. The zero-order valence-electron chi connectivity index (χ0n) is 13.7. The van der Waals surface area contributed by atoms with Crippen molar-refractivity contribution in [1.29, 1.82) is 0 Å². The molecule has 1 aliphatic rings. The summed E-state index contributed by atoms with van der Waals surface area (Å²) in [6.45, 7) is 6.72. The van der Waals surface area contributed by atoms with Crippen LogP contribution in [0, 0.1) is 5.92 Å². The normalized spacial score (nSPS) is 27.1. The minimum absolute atomic E-state index is 0.186. The van der Waals surface area contributed by atoms with Crippen LogP contribution >= 0.6 is 0 Å². The summed E-state index contributed by atoms with van der Waals surface area (Å²) in [6.07, 6.45) is 7.50. The van der Waals surface area contributed by atoms with Gasteiger partial charge in [0.1, 0.15) is 0 Å². The highest BCUT2D eigenvalue weighted by molar-refractivity contribution is 4.96. The Morgan fingerprint density at radius 1 is 1.20 bits per heavy atom. The van der Waals surface area contributed by atoms with Crippen molar-refractivity contribution in [3.8, 4) is 0 Å². The highest BCUT2D eigenvalue weighted by atomic mass is 16.5. The van der Waals surface area contributed by atoms with Crippen LogP contribution in [0.15, 0.2) is 0 Å². The Labute approximate surface area is 125 Å². The van der Waals surface area contributed by atoms with Gasteiger partial charge < -0.3 is 15.2 Å². The van der Waals surface area contributed by atoms with E-state index in [4.69, 9.17) is 15.2 Å². The van der Waals surface area contributed by atoms with Gasteiger partial charge in [0.25, 0.3) is 0 Å². The SMILES string of the molecule is CCC1CCCC(CN)(N(CCCOC)CCOC)C1. The lowest BCUT2D eigenvalue weighted by molar-refractivity contribution is 0.0112. The van der Waals surface area contributed by atoms with E-state index in [2.05, 4.69) is 11.8 Å². The lowest BCUT2D eigenvalue weighted by atomic mass is 9.73.